The van der Waals surface area contributed by atoms with Crippen molar-refractivity contribution in [3.8, 4) is 0 Å². The van der Waals surface area contributed by atoms with Crippen molar-refractivity contribution in [1.29, 1.82) is 0 Å². The SMILES string of the molecule is [CH2-]c1ccc(NC(=O)c2ccccc2C)cc1.[Y].[Y].[Y]. The summed E-state index contributed by atoms with van der Waals surface area (Å²) in [4.78, 5) is 12.0. The fourth-order valence-electron chi connectivity index (χ4n) is 1.61. The fraction of sp³-hybridized carbons (Fsp3) is 0.0667. The van der Waals surface area contributed by atoms with Gasteiger partial charge >= 0.3 is 0 Å². The molecule has 2 nitrogen and oxygen atoms in total. The van der Waals surface area contributed by atoms with Gasteiger partial charge in [0.1, 0.15) is 0 Å². The zero-order valence-corrected chi connectivity index (χ0v) is 20.0. The molecule has 0 saturated carbocycles. The Labute approximate surface area is 195 Å². The van der Waals surface area contributed by atoms with Crippen molar-refractivity contribution < 1.29 is 103 Å². The van der Waals surface area contributed by atoms with E-state index in [2.05, 4.69) is 12.2 Å². The van der Waals surface area contributed by atoms with Gasteiger partial charge in [-0.2, -0.15) is 24.6 Å². The van der Waals surface area contributed by atoms with E-state index in [1.165, 1.54) is 0 Å². The molecule has 0 aliphatic carbocycles. The van der Waals surface area contributed by atoms with E-state index in [1.807, 2.05) is 55.5 Å². The van der Waals surface area contributed by atoms with Gasteiger partial charge in [0.2, 0.25) is 0 Å². The van der Waals surface area contributed by atoms with Crippen LogP contribution in [0.25, 0.3) is 0 Å². The van der Waals surface area contributed by atoms with Crippen molar-refractivity contribution in [3.05, 3.63) is 72.1 Å². The molecule has 0 saturated heterocycles. The molecule has 2 aromatic rings. The van der Waals surface area contributed by atoms with Crippen molar-refractivity contribution in [3.63, 3.8) is 0 Å². The van der Waals surface area contributed by atoms with Gasteiger partial charge in [-0.25, -0.2) is 0 Å². The average molecular weight is 491 g/mol. The number of anilines is 1. The molecule has 0 atom stereocenters. The number of benzene rings is 2. The third-order valence-corrected chi connectivity index (χ3v) is 2.60. The minimum absolute atomic E-state index is 0. The molecule has 95 valence electrons. The summed E-state index contributed by atoms with van der Waals surface area (Å²) in [6.07, 6.45) is 0. The summed E-state index contributed by atoms with van der Waals surface area (Å²) in [5.41, 5.74) is 3.38. The van der Waals surface area contributed by atoms with Crippen LogP contribution in [0.1, 0.15) is 21.5 Å². The Kier molecular flexibility index (Phi) is 13.6. The van der Waals surface area contributed by atoms with E-state index < -0.39 is 0 Å². The average Bonchev–Trinajstić information content (AvgIpc) is 2.32. The van der Waals surface area contributed by atoms with Gasteiger partial charge in [-0.05, 0) is 18.6 Å². The van der Waals surface area contributed by atoms with Crippen LogP contribution in [-0.2, 0) is 98.1 Å². The predicted molar refractivity (Wildman–Crippen MR) is 70.0 cm³/mol. The monoisotopic (exact) mass is 491 g/mol. The number of carbonyl (C=O) groups excluding carboxylic acids is 1. The maximum atomic E-state index is 12.0. The van der Waals surface area contributed by atoms with Gasteiger partial charge in [-0.3, -0.25) is 4.79 Å². The van der Waals surface area contributed by atoms with Gasteiger partial charge in [-0.1, -0.05) is 30.3 Å². The molecule has 0 spiro atoms. The Morgan fingerprint density at radius 2 is 1.50 bits per heavy atom. The number of hydrogen-bond acceptors (Lipinski definition) is 1. The molecule has 2 aromatic carbocycles. The Morgan fingerprint density at radius 3 is 2.05 bits per heavy atom. The summed E-state index contributed by atoms with van der Waals surface area (Å²) >= 11 is 0. The normalized spacial score (nSPS) is 8.45. The summed E-state index contributed by atoms with van der Waals surface area (Å²) in [5.74, 6) is -0.0834. The van der Waals surface area contributed by atoms with E-state index in [0.717, 1.165) is 16.8 Å². The van der Waals surface area contributed by atoms with Crippen molar-refractivity contribution in [2.45, 2.75) is 6.92 Å². The summed E-state index contributed by atoms with van der Waals surface area (Å²) in [6, 6.07) is 15.0. The number of hydrogen-bond donors (Lipinski definition) is 1. The van der Waals surface area contributed by atoms with Crippen molar-refractivity contribution in [2.75, 3.05) is 5.32 Å². The number of carbonyl (C=O) groups is 1. The quantitative estimate of drug-likeness (QED) is 0.642. The van der Waals surface area contributed by atoms with Crippen LogP contribution in [0.15, 0.2) is 48.5 Å². The summed E-state index contributed by atoms with van der Waals surface area (Å²) < 4.78 is 0. The summed E-state index contributed by atoms with van der Waals surface area (Å²) in [6.45, 7) is 5.72. The standard InChI is InChI=1S/C15H14NO.3Y/c1-11-7-9-13(10-8-11)16-15(17)14-6-4-3-5-12(14)2;;;/h3-10H,1H2,2H3,(H,16,17);;;/q-1;;;. The zero-order chi connectivity index (χ0) is 12.3. The first-order chi connectivity index (χ1) is 8.16. The first-order valence-corrected chi connectivity index (χ1v) is 5.46. The van der Waals surface area contributed by atoms with Crippen LogP contribution in [0.3, 0.4) is 0 Å². The van der Waals surface area contributed by atoms with Crippen LogP contribution in [-0.4, -0.2) is 5.91 Å². The van der Waals surface area contributed by atoms with Crippen LogP contribution >= 0.6 is 0 Å². The molecular weight excluding hydrogens is 477 g/mol. The molecule has 0 bridgehead atoms. The molecule has 3 radical (unpaired) electrons. The Bertz CT molecular complexity index is 541. The number of amides is 1. The van der Waals surface area contributed by atoms with Crippen molar-refractivity contribution >= 4 is 11.6 Å². The van der Waals surface area contributed by atoms with Crippen LogP contribution in [0.4, 0.5) is 5.69 Å². The minimum Gasteiger partial charge on any atom is -0.324 e. The Morgan fingerprint density at radius 1 is 0.950 bits per heavy atom. The van der Waals surface area contributed by atoms with Crippen molar-refractivity contribution in [1.82, 2.24) is 0 Å². The van der Waals surface area contributed by atoms with Gasteiger partial charge in [0.05, 0.1) is 0 Å². The molecule has 2 rings (SSSR count). The Balaban J connectivity index is 0. The molecule has 1 amide bonds. The van der Waals surface area contributed by atoms with Crippen LogP contribution < -0.4 is 5.32 Å². The maximum absolute atomic E-state index is 12.0. The molecule has 0 aromatic heterocycles. The molecule has 0 aliphatic rings. The van der Waals surface area contributed by atoms with E-state index in [9.17, 15) is 4.79 Å². The maximum Gasteiger partial charge on any atom is 0.255 e. The second kappa shape index (κ2) is 11.6. The van der Waals surface area contributed by atoms with E-state index in [1.54, 1.807) is 0 Å². The minimum atomic E-state index is -0.0834. The van der Waals surface area contributed by atoms with Gasteiger partial charge in [0.25, 0.3) is 5.91 Å². The van der Waals surface area contributed by atoms with Gasteiger partial charge in [0, 0.05) is 109 Å². The summed E-state index contributed by atoms with van der Waals surface area (Å²) in [5, 5.41) is 2.86. The van der Waals surface area contributed by atoms with Crippen LogP contribution in [0, 0.1) is 13.8 Å². The summed E-state index contributed by atoms with van der Waals surface area (Å²) in [7, 11) is 0. The second-order valence-electron chi connectivity index (χ2n) is 3.97. The second-order valence-corrected chi connectivity index (χ2v) is 3.97. The molecule has 0 aliphatic heterocycles. The Hall–Kier alpha value is 1.09. The third-order valence-electron chi connectivity index (χ3n) is 2.60. The van der Waals surface area contributed by atoms with E-state index in [-0.39, 0.29) is 104 Å². The number of aryl methyl sites for hydroxylation is 1. The first-order valence-electron chi connectivity index (χ1n) is 5.46. The molecule has 0 fully saturated rings. The van der Waals surface area contributed by atoms with Gasteiger partial charge in [0.15, 0.2) is 0 Å². The molecule has 0 heterocycles. The topological polar surface area (TPSA) is 29.1 Å². The number of nitrogens with one attached hydrogen (secondary N) is 1. The molecular formula is C15H14NOY3-. The first kappa shape index (κ1) is 23.4. The van der Waals surface area contributed by atoms with E-state index in [0.29, 0.717) is 5.56 Å². The van der Waals surface area contributed by atoms with E-state index >= 15 is 0 Å². The number of rotatable bonds is 2. The predicted octanol–water partition coefficient (Wildman–Crippen LogP) is 3.42. The van der Waals surface area contributed by atoms with Crippen molar-refractivity contribution in [2.24, 2.45) is 0 Å². The molecule has 5 heteroatoms. The molecule has 20 heavy (non-hydrogen) atoms. The van der Waals surface area contributed by atoms with Crippen LogP contribution in [0.2, 0.25) is 0 Å². The third kappa shape index (κ3) is 6.90. The fourth-order valence-corrected chi connectivity index (χ4v) is 1.61. The smallest absolute Gasteiger partial charge is 0.255 e. The molecule has 1 N–H and O–H groups in total. The zero-order valence-electron chi connectivity index (χ0n) is 11.5. The van der Waals surface area contributed by atoms with E-state index in [4.69, 9.17) is 0 Å². The largest absolute Gasteiger partial charge is 0.324 e. The molecule has 0 unspecified atom stereocenters. The van der Waals surface area contributed by atoms with Gasteiger partial charge in [-0.15, -0.1) is 0 Å². The van der Waals surface area contributed by atoms with Gasteiger partial charge < -0.3 is 5.32 Å². The van der Waals surface area contributed by atoms with Crippen LogP contribution in [0.5, 0.6) is 0 Å².